The predicted molar refractivity (Wildman–Crippen MR) is 97.5 cm³/mol. The smallest absolute Gasteiger partial charge is 0.162 e. The maximum absolute atomic E-state index is 5.82. The molecule has 0 spiro atoms. The van der Waals surface area contributed by atoms with E-state index in [1.165, 1.54) is 11.1 Å². The second-order valence-electron chi connectivity index (χ2n) is 7.55. The zero-order valence-corrected chi connectivity index (χ0v) is 15.3. The van der Waals surface area contributed by atoms with Crippen LogP contribution >= 0.6 is 0 Å². The molecule has 5 heteroatoms. The van der Waals surface area contributed by atoms with Crippen LogP contribution in [-0.4, -0.2) is 39.4 Å². The van der Waals surface area contributed by atoms with Crippen LogP contribution in [0.1, 0.15) is 61.5 Å². The number of rotatable bonds is 4. The summed E-state index contributed by atoms with van der Waals surface area (Å²) in [6, 6.07) is 9.08. The van der Waals surface area contributed by atoms with Crippen LogP contribution in [0, 0.1) is 0 Å². The van der Waals surface area contributed by atoms with Gasteiger partial charge in [0.25, 0.3) is 0 Å². The van der Waals surface area contributed by atoms with Crippen molar-refractivity contribution in [1.29, 1.82) is 0 Å². The molecule has 1 atom stereocenters. The van der Waals surface area contributed by atoms with E-state index in [4.69, 9.17) is 4.74 Å². The van der Waals surface area contributed by atoms with E-state index in [1.807, 2.05) is 0 Å². The number of aromatic nitrogens is 3. The SMILES string of the molecule is CC(C)c1ccc(CN2CCc3nnc([C@H]4CCCO4)n3CC2)cc1. The van der Waals surface area contributed by atoms with Gasteiger partial charge in [-0.3, -0.25) is 4.90 Å². The van der Waals surface area contributed by atoms with Gasteiger partial charge in [0.2, 0.25) is 0 Å². The molecule has 25 heavy (non-hydrogen) atoms. The van der Waals surface area contributed by atoms with E-state index in [-0.39, 0.29) is 6.10 Å². The van der Waals surface area contributed by atoms with E-state index in [9.17, 15) is 0 Å². The van der Waals surface area contributed by atoms with E-state index in [1.54, 1.807) is 0 Å². The first-order valence-electron chi connectivity index (χ1n) is 9.55. The summed E-state index contributed by atoms with van der Waals surface area (Å²) in [5.74, 6) is 2.74. The fourth-order valence-corrected chi connectivity index (χ4v) is 3.83. The fraction of sp³-hybridized carbons (Fsp3) is 0.600. The summed E-state index contributed by atoms with van der Waals surface area (Å²) in [6.07, 6.45) is 3.32. The quantitative estimate of drug-likeness (QED) is 0.856. The molecule has 0 radical (unpaired) electrons. The zero-order valence-electron chi connectivity index (χ0n) is 15.3. The fourth-order valence-electron chi connectivity index (χ4n) is 3.83. The molecule has 1 fully saturated rings. The maximum Gasteiger partial charge on any atom is 0.162 e. The third-order valence-electron chi connectivity index (χ3n) is 5.42. The Morgan fingerprint density at radius 3 is 2.68 bits per heavy atom. The van der Waals surface area contributed by atoms with Crippen LogP contribution in [0.3, 0.4) is 0 Å². The molecule has 0 aliphatic carbocycles. The molecule has 3 heterocycles. The first kappa shape index (κ1) is 16.7. The Kier molecular flexibility index (Phi) is 4.86. The topological polar surface area (TPSA) is 43.2 Å². The maximum atomic E-state index is 5.82. The molecule has 2 aliphatic heterocycles. The highest BCUT2D eigenvalue weighted by Crippen LogP contribution is 2.28. The molecule has 1 aromatic carbocycles. The highest BCUT2D eigenvalue weighted by atomic mass is 16.5. The lowest BCUT2D eigenvalue weighted by molar-refractivity contribution is 0.101. The molecule has 5 nitrogen and oxygen atoms in total. The second kappa shape index (κ2) is 7.26. The Labute approximate surface area is 150 Å². The van der Waals surface area contributed by atoms with Gasteiger partial charge in [0.05, 0.1) is 0 Å². The van der Waals surface area contributed by atoms with E-state index in [0.29, 0.717) is 5.92 Å². The highest BCUT2D eigenvalue weighted by Gasteiger charge is 2.26. The van der Waals surface area contributed by atoms with Gasteiger partial charge in [0, 0.05) is 39.2 Å². The summed E-state index contributed by atoms with van der Waals surface area (Å²) in [7, 11) is 0. The minimum Gasteiger partial charge on any atom is -0.370 e. The molecular weight excluding hydrogens is 312 g/mol. The monoisotopic (exact) mass is 340 g/mol. The summed E-state index contributed by atoms with van der Waals surface area (Å²) in [4.78, 5) is 2.53. The molecule has 0 unspecified atom stereocenters. The minimum atomic E-state index is 0.149. The van der Waals surface area contributed by atoms with Crippen molar-refractivity contribution >= 4 is 0 Å². The average molecular weight is 340 g/mol. The van der Waals surface area contributed by atoms with E-state index >= 15 is 0 Å². The Morgan fingerprint density at radius 1 is 1.12 bits per heavy atom. The van der Waals surface area contributed by atoms with Crippen molar-refractivity contribution < 1.29 is 4.74 Å². The lowest BCUT2D eigenvalue weighted by Crippen LogP contribution is -2.27. The number of benzene rings is 1. The second-order valence-corrected chi connectivity index (χ2v) is 7.55. The molecule has 2 aromatic rings. The lowest BCUT2D eigenvalue weighted by atomic mass is 10.0. The highest BCUT2D eigenvalue weighted by molar-refractivity contribution is 5.24. The predicted octanol–water partition coefficient (Wildman–Crippen LogP) is 3.31. The first-order chi connectivity index (χ1) is 12.2. The largest absolute Gasteiger partial charge is 0.370 e. The Balaban J connectivity index is 1.41. The molecule has 0 bridgehead atoms. The van der Waals surface area contributed by atoms with Crippen LogP contribution in [0.2, 0.25) is 0 Å². The summed E-state index contributed by atoms with van der Waals surface area (Å²) >= 11 is 0. The Hall–Kier alpha value is -1.72. The summed E-state index contributed by atoms with van der Waals surface area (Å²) in [5.41, 5.74) is 2.80. The van der Waals surface area contributed by atoms with Crippen LogP contribution < -0.4 is 0 Å². The number of hydrogen-bond acceptors (Lipinski definition) is 4. The van der Waals surface area contributed by atoms with Gasteiger partial charge in [-0.15, -0.1) is 10.2 Å². The standard InChI is InChI=1S/C20H28N4O/c1-15(2)17-7-5-16(6-8-17)14-23-10-9-19-21-22-20(24(19)12-11-23)18-4-3-13-25-18/h5-8,15,18H,3-4,9-14H2,1-2H3/t18-/m1/s1. The minimum absolute atomic E-state index is 0.149. The molecule has 0 saturated carbocycles. The molecular formula is C20H28N4O. The van der Waals surface area contributed by atoms with E-state index in [2.05, 4.69) is 57.8 Å². The van der Waals surface area contributed by atoms with Gasteiger partial charge in [-0.05, 0) is 29.9 Å². The number of fused-ring (bicyclic) bond motifs is 1. The Morgan fingerprint density at radius 2 is 1.96 bits per heavy atom. The third-order valence-corrected chi connectivity index (χ3v) is 5.42. The van der Waals surface area contributed by atoms with Gasteiger partial charge >= 0.3 is 0 Å². The van der Waals surface area contributed by atoms with Crippen molar-refractivity contribution in [1.82, 2.24) is 19.7 Å². The summed E-state index contributed by atoms with van der Waals surface area (Å²) < 4.78 is 8.12. The summed E-state index contributed by atoms with van der Waals surface area (Å²) in [6.45, 7) is 9.38. The van der Waals surface area contributed by atoms with Crippen LogP contribution in [0.25, 0.3) is 0 Å². The average Bonchev–Trinajstić information content (AvgIpc) is 3.23. The number of nitrogens with zero attached hydrogens (tertiary/aromatic N) is 4. The first-order valence-corrected chi connectivity index (χ1v) is 9.55. The molecule has 1 saturated heterocycles. The molecule has 4 rings (SSSR count). The zero-order chi connectivity index (χ0) is 17.2. The Bertz CT molecular complexity index is 701. The van der Waals surface area contributed by atoms with Crippen molar-refractivity contribution in [2.45, 2.75) is 58.2 Å². The lowest BCUT2D eigenvalue weighted by Gasteiger charge is -2.20. The van der Waals surface area contributed by atoms with Gasteiger partial charge in [-0.1, -0.05) is 38.1 Å². The van der Waals surface area contributed by atoms with Gasteiger partial charge < -0.3 is 9.30 Å². The van der Waals surface area contributed by atoms with E-state index in [0.717, 1.165) is 63.7 Å². The molecule has 0 N–H and O–H groups in total. The van der Waals surface area contributed by atoms with Crippen molar-refractivity contribution in [2.24, 2.45) is 0 Å². The van der Waals surface area contributed by atoms with Crippen molar-refractivity contribution in [2.75, 3.05) is 19.7 Å². The normalized spacial score (nSPS) is 21.5. The van der Waals surface area contributed by atoms with Crippen LogP contribution in [0.5, 0.6) is 0 Å². The van der Waals surface area contributed by atoms with Crippen LogP contribution in [0.4, 0.5) is 0 Å². The van der Waals surface area contributed by atoms with Crippen LogP contribution in [-0.2, 0) is 24.2 Å². The molecule has 2 aliphatic rings. The molecule has 1 aromatic heterocycles. The van der Waals surface area contributed by atoms with Crippen molar-refractivity contribution in [3.8, 4) is 0 Å². The third kappa shape index (κ3) is 3.62. The van der Waals surface area contributed by atoms with Gasteiger partial charge in [0.15, 0.2) is 5.82 Å². The van der Waals surface area contributed by atoms with Crippen molar-refractivity contribution in [3.63, 3.8) is 0 Å². The van der Waals surface area contributed by atoms with Crippen LogP contribution in [0.15, 0.2) is 24.3 Å². The van der Waals surface area contributed by atoms with E-state index < -0.39 is 0 Å². The molecule has 134 valence electrons. The molecule has 0 amide bonds. The van der Waals surface area contributed by atoms with Gasteiger partial charge in [0.1, 0.15) is 11.9 Å². The van der Waals surface area contributed by atoms with Gasteiger partial charge in [-0.25, -0.2) is 0 Å². The van der Waals surface area contributed by atoms with Gasteiger partial charge in [-0.2, -0.15) is 0 Å². The number of ether oxygens (including phenoxy) is 1. The summed E-state index contributed by atoms with van der Waals surface area (Å²) in [5, 5.41) is 8.87. The number of hydrogen-bond donors (Lipinski definition) is 0. The van der Waals surface area contributed by atoms with Crippen molar-refractivity contribution in [3.05, 3.63) is 47.0 Å².